The number of halogens is 1. The van der Waals surface area contributed by atoms with E-state index >= 15 is 0 Å². The minimum Gasteiger partial charge on any atom is -0.489 e. The second kappa shape index (κ2) is 5.30. The normalized spacial score (nSPS) is 14.9. The lowest BCUT2D eigenvalue weighted by atomic mass is 9.93. The molecule has 0 aliphatic carbocycles. The van der Waals surface area contributed by atoms with E-state index in [1.807, 2.05) is 6.92 Å². The molecule has 2 nitrogen and oxygen atoms in total. The van der Waals surface area contributed by atoms with E-state index in [1.54, 1.807) is 18.2 Å². The topological polar surface area (TPSA) is 35.2 Å². The Labute approximate surface area is 96.6 Å². The number of rotatable bonds is 5. The summed E-state index contributed by atoms with van der Waals surface area (Å²) in [5.74, 6) is 0.421. The molecule has 1 aromatic carbocycles. The van der Waals surface area contributed by atoms with E-state index < -0.39 is 5.54 Å². The predicted octanol–water partition coefficient (Wildman–Crippen LogP) is 2.97. The van der Waals surface area contributed by atoms with Crippen molar-refractivity contribution >= 4 is 0 Å². The van der Waals surface area contributed by atoms with Crippen LogP contribution in [0.2, 0.25) is 0 Å². The van der Waals surface area contributed by atoms with Gasteiger partial charge in [-0.25, -0.2) is 4.39 Å². The van der Waals surface area contributed by atoms with Crippen molar-refractivity contribution in [2.75, 3.05) is 6.61 Å². The molecule has 1 unspecified atom stereocenters. The van der Waals surface area contributed by atoms with Crippen molar-refractivity contribution < 1.29 is 9.13 Å². The van der Waals surface area contributed by atoms with E-state index in [1.165, 1.54) is 6.07 Å². The maximum Gasteiger partial charge on any atom is 0.165 e. The van der Waals surface area contributed by atoms with Gasteiger partial charge < -0.3 is 10.5 Å². The molecule has 16 heavy (non-hydrogen) atoms. The smallest absolute Gasteiger partial charge is 0.165 e. The molecule has 0 spiro atoms. The van der Waals surface area contributed by atoms with Gasteiger partial charge in [-0.2, -0.15) is 0 Å². The molecular weight excluding hydrogens is 205 g/mol. The van der Waals surface area contributed by atoms with Crippen LogP contribution >= 0.6 is 0 Å². The van der Waals surface area contributed by atoms with Crippen molar-refractivity contribution in [2.45, 2.75) is 32.7 Å². The summed E-state index contributed by atoms with van der Waals surface area (Å²) in [7, 11) is 0. The molecule has 0 amide bonds. The van der Waals surface area contributed by atoms with Crippen molar-refractivity contribution in [3.8, 4) is 5.75 Å². The van der Waals surface area contributed by atoms with Crippen LogP contribution in [0.25, 0.3) is 0 Å². The van der Waals surface area contributed by atoms with E-state index in [0.717, 1.165) is 6.42 Å². The fourth-order valence-electron chi connectivity index (χ4n) is 1.80. The van der Waals surface area contributed by atoms with Crippen LogP contribution in [0.5, 0.6) is 5.75 Å². The maximum absolute atomic E-state index is 13.3. The minimum absolute atomic E-state index is 0.267. The van der Waals surface area contributed by atoms with Gasteiger partial charge in [-0.1, -0.05) is 26.0 Å². The van der Waals surface area contributed by atoms with E-state index in [2.05, 4.69) is 13.8 Å². The largest absolute Gasteiger partial charge is 0.489 e. The summed E-state index contributed by atoms with van der Waals surface area (Å²) in [5.41, 5.74) is 5.65. The SMILES string of the molecule is CC(C)CC(C)(N)COc1ccccc1F. The minimum atomic E-state index is -0.420. The number of nitrogens with two attached hydrogens (primary N) is 1. The summed E-state index contributed by atoms with van der Waals surface area (Å²) in [4.78, 5) is 0. The zero-order chi connectivity index (χ0) is 12.2. The molecule has 3 heteroatoms. The van der Waals surface area contributed by atoms with E-state index in [0.29, 0.717) is 12.5 Å². The molecule has 1 atom stereocenters. The summed E-state index contributed by atoms with van der Waals surface area (Å²) in [5, 5.41) is 0. The van der Waals surface area contributed by atoms with Gasteiger partial charge in [0.15, 0.2) is 11.6 Å². The molecule has 90 valence electrons. The molecule has 0 aliphatic rings. The Balaban J connectivity index is 2.54. The second-order valence-corrected chi connectivity index (χ2v) is 4.97. The molecule has 1 aromatic rings. The Kier molecular flexibility index (Phi) is 4.30. The zero-order valence-electron chi connectivity index (χ0n) is 10.2. The van der Waals surface area contributed by atoms with Crippen molar-refractivity contribution in [1.29, 1.82) is 0 Å². The fraction of sp³-hybridized carbons (Fsp3) is 0.538. The maximum atomic E-state index is 13.3. The summed E-state index contributed by atoms with van der Waals surface area (Å²) >= 11 is 0. The molecular formula is C13H20FNO. The molecule has 2 N–H and O–H groups in total. The summed E-state index contributed by atoms with van der Waals surface area (Å²) in [6.45, 7) is 6.46. The van der Waals surface area contributed by atoms with Gasteiger partial charge in [0.2, 0.25) is 0 Å². The first-order chi connectivity index (χ1) is 7.41. The zero-order valence-corrected chi connectivity index (χ0v) is 10.2. The summed E-state index contributed by atoms with van der Waals surface area (Å²) in [6, 6.07) is 6.37. The molecule has 0 aliphatic heterocycles. The lowest BCUT2D eigenvalue weighted by molar-refractivity contribution is 0.200. The third kappa shape index (κ3) is 4.19. The van der Waals surface area contributed by atoms with Crippen LogP contribution in [0.15, 0.2) is 24.3 Å². The van der Waals surface area contributed by atoms with Crippen LogP contribution in [-0.4, -0.2) is 12.1 Å². The highest BCUT2D eigenvalue weighted by Gasteiger charge is 2.21. The first-order valence-corrected chi connectivity index (χ1v) is 5.57. The van der Waals surface area contributed by atoms with Crippen LogP contribution in [0.1, 0.15) is 27.2 Å². The molecule has 0 fully saturated rings. The van der Waals surface area contributed by atoms with Gasteiger partial charge >= 0.3 is 0 Å². The highest BCUT2D eigenvalue weighted by molar-refractivity contribution is 5.23. The predicted molar refractivity (Wildman–Crippen MR) is 63.9 cm³/mol. The highest BCUT2D eigenvalue weighted by atomic mass is 19.1. The first kappa shape index (κ1) is 13.0. The fourth-order valence-corrected chi connectivity index (χ4v) is 1.80. The Hall–Kier alpha value is -1.09. The van der Waals surface area contributed by atoms with Gasteiger partial charge in [0.1, 0.15) is 6.61 Å². The van der Waals surface area contributed by atoms with Crippen molar-refractivity contribution in [3.05, 3.63) is 30.1 Å². The van der Waals surface area contributed by atoms with E-state index in [-0.39, 0.29) is 11.6 Å². The third-order valence-electron chi connectivity index (χ3n) is 2.27. The van der Waals surface area contributed by atoms with Crippen molar-refractivity contribution in [2.24, 2.45) is 11.7 Å². The number of benzene rings is 1. The third-order valence-corrected chi connectivity index (χ3v) is 2.27. The van der Waals surface area contributed by atoms with E-state index in [9.17, 15) is 4.39 Å². The average Bonchev–Trinajstić information content (AvgIpc) is 2.14. The van der Waals surface area contributed by atoms with Crippen LogP contribution in [0, 0.1) is 11.7 Å². The standard InChI is InChI=1S/C13H20FNO/c1-10(2)8-13(3,15)9-16-12-7-5-4-6-11(12)14/h4-7,10H,8-9,15H2,1-3H3. The van der Waals surface area contributed by atoms with Crippen LogP contribution in [-0.2, 0) is 0 Å². The van der Waals surface area contributed by atoms with Gasteiger partial charge in [0.05, 0.1) is 0 Å². The number of para-hydroxylation sites is 1. The second-order valence-electron chi connectivity index (χ2n) is 4.97. The van der Waals surface area contributed by atoms with Gasteiger partial charge in [0.25, 0.3) is 0 Å². The molecule has 1 rings (SSSR count). The van der Waals surface area contributed by atoms with Gasteiger partial charge in [0, 0.05) is 5.54 Å². The molecule has 0 aromatic heterocycles. The molecule has 0 saturated carbocycles. The van der Waals surface area contributed by atoms with Crippen LogP contribution in [0.4, 0.5) is 4.39 Å². The highest BCUT2D eigenvalue weighted by Crippen LogP contribution is 2.19. The van der Waals surface area contributed by atoms with Gasteiger partial charge in [-0.3, -0.25) is 0 Å². The Bertz CT molecular complexity index is 336. The van der Waals surface area contributed by atoms with Crippen molar-refractivity contribution in [1.82, 2.24) is 0 Å². The quantitative estimate of drug-likeness (QED) is 0.836. The molecule has 0 saturated heterocycles. The Morgan fingerprint density at radius 2 is 2.00 bits per heavy atom. The van der Waals surface area contributed by atoms with E-state index in [4.69, 9.17) is 10.5 Å². The summed E-state index contributed by atoms with van der Waals surface area (Å²) < 4.78 is 18.7. The number of hydrogen-bond acceptors (Lipinski definition) is 2. The molecule has 0 bridgehead atoms. The Morgan fingerprint density at radius 3 is 2.56 bits per heavy atom. The number of hydrogen-bond donors (Lipinski definition) is 1. The summed E-state index contributed by atoms with van der Waals surface area (Å²) in [6.07, 6.45) is 0.849. The van der Waals surface area contributed by atoms with Crippen molar-refractivity contribution in [3.63, 3.8) is 0 Å². The van der Waals surface area contributed by atoms with Gasteiger partial charge in [-0.05, 0) is 31.4 Å². The van der Waals surface area contributed by atoms with Gasteiger partial charge in [-0.15, -0.1) is 0 Å². The monoisotopic (exact) mass is 225 g/mol. The lowest BCUT2D eigenvalue weighted by Gasteiger charge is -2.26. The molecule has 0 heterocycles. The lowest BCUT2D eigenvalue weighted by Crippen LogP contribution is -2.43. The number of ether oxygens (including phenoxy) is 1. The first-order valence-electron chi connectivity index (χ1n) is 5.57. The van der Waals surface area contributed by atoms with Crippen LogP contribution < -0.4 is 10.5 Å². The molecule has 0 radical (unpaired) electrons. The Morgan fingerprint density at radius 1 is 1.38 bits per heavy atom. The van der Waals surface area contributed by atoms with Crippen LogP contribution in [0.3, 0.4) is 0 Å². The average molecular weight is 225 g/mol.